The monoisotopic (exact) mass is 414 g/mol. The molecule has 0 spiro atoms. The predicted octanol–water partition coefficient (Wildman–Crippen LogP) is 5.37. The third kappa shape index (κ3) is 6.27. The Kier molecular flexibility index (Phi) is 8.30. The lowest BCUT2D eigenvalue weighted by Gasteiger charge is -2.16. The number of aliphatic hydroxyl groups is 1. The van der Waals surface area contributed by atoms with Gasteiger partial charge in [-0.3, -0.25) is 9.35 Å². The first-order valence-electron chi connectivity index (χ1n) is 8.77. The molecule has 0 aromatic heterocycles. The van der Waals surface area contributed by atoms with Crippen LogP contribution in [-0.2, 0) is 14.9 Å². The average Bonchev–Trinajstić information content (AvgIpc) is 2.65. The number of allylic oxidation sites excluding steroid dienone is 10. The molecule has 0 unspecified atom stereocenters. The van der Waals surface area contributed by atoms with Gasteiger partial charge in [-0.2, -0.15) is 8.42 Å². The van der Waals surface area contributed by atoms with Crippen LogP contribution in [0.5, 0.6) is 0 Å². The molecule has 0 saturated carbocycles. The van der Waals surface area contributed by atoms with Crippen molar-refractivity contribution in [3.05, 3.63) is 95.3 Å². The summed E-state index contributed by atoms with van der Waals surface area (Å²) < 4.78 is 33.7. The Hall–Kier alpha value is -2.96. The van der Waals surface area contributed by atoms with Crippen LogP contribution < -0.4 is 0 Å². The van der Waals surface area contributed by atoms with Gasteiger partial charge in [0.05, 0.1) is 5.76 Å². The van der Waals surface area contributed by atoms with Gasteiger partial charge in [0.2, 0.25) is 0 Å². The highest BCUT2D eigenvalue weighted by atomic mass is 32.2. The predicted molar refractivity (Wildman–Crippen MR) is 117 cm³/mol. The standard InChI is InChI=1S/C23H26O5S/c1-7-19(13-15(3)17(5)24)23(20(8-2)14-16(4)18(6)25)21-11-9-10-12-22(21)29(26,27)28/h7-14,24H,1-2H2,3-6H3,(H,26,27,28)/b16-14-,17-15+,19-13+,23-20+. The lowest BCUT2D eigenvalue weighted by Crippen LogP contribution is -2.05. The molecule has 0 bridgehead atoms. The lowest BCUT2D eigenvalue weighted by atomic mass is 9.90. The fraction of sp³-hybridized carbons (Fsp3) is 0.174. The van der Waals surface area contributed by atoms with Crippen LogP contribution in [0.15, 0.2) is 94.7 Å². The Morgan fingerprint density at radius 2 is 1.59 bits per heavy atom. The zero-order valence-corrected chi connectivity index (χ0v) is 17.9. The first-order valence-corrected chi connectivity index (χ1v) is 10.2. The number of ketones is 1. The van der Waals surface area contributed by atoms with Crippen LogP contribution in [0.25, 0.3) is 5.57 Å². The van der Waals surface area contributed by atoms with Gasteiger partial charge in [0.25, 0.3) is 10.1 Å². The molecule has 29 heavy (non-hydrogen) atoms. The summed E-state index contributed by atoms with van der Waals surface area (Å²) in [5.74, 6) is -0.0689. The van der Waals surface area contributed by atoms with E-state index in [1.165, 1.54) is 38.1 Å². The van der Waals surface area contributed by atoms with E-state index in [4.69, 9.17) is 0 Å². The number of carbonyl (C=O) groups is 1. The minimum absolute atomic E-state index is 0.0855. The molecule has 154 valence electrons. The van der Waals surface area contributed by atoms with Gasteiger partial charge < -0.3 is 5.11 Å². The van der Waals surface area contributed by atoms with Gasteiger partial charge in [-0.25, -0.2) is 0 Å². The molecular weight excluding hydrogens is 388 g/mol. The third-order valence-corrected chi connectivity index (χ3v) is 5.23. The highest BCUT2D eigenvalue weighted by Crippen LogP contribution is 2.34. The van der Waals surface area contributed by atoms with Crippen molar-refractivity contribution in [3.8, 4) is 0 Å². The fourth-order valence-corrected chi connectivity index (χ4v) is 3.21. The van der Waals surface area contributed by atoms with Crippen molar-refractivity contribution in [1.29, 1.82) is 0 Å². The Labute approximate surface area is 172 Å². The van der Waals surface area contributed by atoms with Crippen LogP contribution in [0.4, 0.5) is 0 Å². The van der Waals surface area contributed by atoms with Gasteiger partial charge in [-0.1, -0.05) is 43.5 Å². The summed E-state index contributed by atoms with van der Waals surface area (Å²) in [7, 11) is -4.53. The maximum absolute atomic E-state index is 12.0. The summed E-state index contributed by atoms with van der Waals surface area (Å²) >= 11 is 0. The zero-order valence-electron chi connectivity index (χ0n) is 17.1. The van der Waals surface area contributed by atoms with E-state index in [9.17, 15) is 22.9 Å². The van der Waals surface area contributed by atoms with E-state index in [1.54, 1.807) is 38.1 Å². The molecular formula is C23H26O5S. The molecule has 6 heteroatoms. The normalized spacial score (nSPS) is 14.7. The highest BCUT2D eigenvalue weighted by Gasteiger charge is 2.21. The first-order chi connectivity index (χ1) is 13.4. The molecule has 0 atom stereocenters. The van der Waals surface area contributed by atoms with Gasteiger partial charge in [-0.05, 0) is 73.8 Å². The summed E-state index contributed by atoms with van der Waals surface area (Å²) in [4.78, 5) is 11.5. The Morgan fingerprint density at radius 3 is 2.03 bits per heavy atom. The molecule has 1 aromatic carbocycles. The number of carbonyl (C=O) groups excluding carboxylic acids is 1. The summed E-state index contributed by atoms with van der Waals surface area (Å²) in [5, 5.41) is 9.79. The van der Waals surface area contributed by atoms with Gasteiger partial charge >= 0.3 is 0 Å². The Morgan fingerprint density at radius 1 is 1.00 bits per heavy atom. The zero-order chi connectivity index (χ0) is 22.4. The molecule has 0 fully saturated rings. The van der Waals surface area contributed by atoms with Crippen molar-refractivity contribution in [2.75, 3.05) is 0 Å². The Balaban J connectivity index is 4.17. The second-order valence-electron chi connectivity index (χ2n) is 6.46. The molecule has 0 radical (unpaired) electrons. The van der Waals surface area contributed by atoms with Crippen LogP contribution in [0, 0.1) is 0 Å². The summed E-state index contributed by atoms with van der Waals surface area (Å²) in [5.41, 5.74) is 2.53. The van der Waals surface area contributed by atoms with Gasteiger partial charge in [0.1, 0.15) is 4.90 Å². The van der Waals surface area contributed by atoms with Crippen LogP contribution in [0.1, 0.15) is 33.3 Å². The number of hydrogen-bond acceptors (Lipinski definition) is 4. The average molecular weight is 415 g/mol. The molecule has 0 saturated heterocycles. The van der Waals surface area contributed by atoms with Crippen LogP contribution in [0.3, 0.4) is 0 Å². The van der Waals surface area contributed by atoms with E-state index in [0.717, 1.165) is 0 Å². The number of Topliss-reactive ketones (excluding diaryl/α,β-unsaturated/α-hetero) is 1. The van der Waals surface area contributed by atoms with E-state index in [-0.39, 0.29) is 22.0 Å². The maximum atomic E-state index is 12.0. The second-order valence-corrected chi connectivity index (χ2v) is 7.85. The SMILES string of the molecule is C=CC(=C\C(C)=C(/C)O)/C(=C(C=C)\C=C(\C)C(C)=O)c1ccccc1S(=O)(=O)O. The largest absolute Gasteiger partial charge is 0.512 e. The fourth-order valence-electron chi connectivity index (χ4n) is 2.51. The molecule has 2 N–H and O–H groups in total. The molecule has 0 aliphatic rings. The smallest absolute Gasteiger partial charge is 0.295 e. The van der Waals surface area contributed by atoms with E-state index >= 15 is 0 Å². The van der Waals surface area contributed by atoms with Crippen molar-refractivity contribution in [1.82, 2.24) is 0 Å². The lowest BCUT2D eigenvalue weighted by molar-refractivity contribution is -0.113. The Bertz CT molecular complexity index is 1060. The van der Waals surface area contributed by atoms with Gasteiger partial charge in [0.15, 0.2) is 5.78 Å². The quantitative estimate of drug-likeness (QED) is 0.258. The summed E-state index contributed by atoms with van der Waals surface area (Å²) in [6.45, 7) is 13.9. The molecule has 1 rings (SSSR count). The molecule has 0 aliphatic heterocycles. The number of aliphatic hydroxyl groups excluding tert-OH is 1. The first kappa shape index (κ1) is 24.1. The van der Waals surface area contributed by atoms with E-state index in [0.29, 0.717) is 27.9 Å². The van der Waals surface area contributed by atoms with Crippen molar-refractivity contribution in [2.24, 2.45) is 0 Å². The summed E-state index contributed by atoms with van der Waals surface area (Å²) in [6, 6.07) is 5.95. The maximum Gasteiger partial charge on any atom is 0.295 e. The second kappa shape index (κ2) is 10.0. The molecule has 0 amide bonds. The van der Waals surface area contributed by atoms with Crippen molar-refractivity contribution >= 4 is 21.5 Å². The van der Waals surface area contributed by atoms with Gasteiger partial charge in [0, 0.05) is 5.56 Å². The van der Waals surface area contributed by atoms with E-state index < -0.39 is 10.1 Å². The molecule has 0 aliphatic carbocycles. The number of benzene rings is 1. The number of hydrogen-bond donors (Lipinski definition) is 2. The van der Waals surface area contributed by atoms with Crippen LogP contribution in [-0.4, -0.2) is 23.9 Å². The highest BCUT2D eigenvalue weighted by molar-refractivity contribution is 7.86. The number of rotatable bonds is 8. The molecule has 5 nitrogen and oxygen atoms in total. The summed E-state index contributed by atoms with van der Waals surface area (Å²) in [6.07, 6.45) is 6.22. The van der Waals surface area contributed by atoms with Crippen LogP contribution >= 0.6 is 0 Å². The minimum Gasteiger partial charge on any atom is -0.512 e. The van der Waals surface area contributed by atoms with Crippen LogP contribution in [0.2, 0.25) is 0 Å². The van der Waals surface area contributed by atoms with Crippen molar-refractivity contribution in [2.45, 2.75) is 32.6 Å². The molecule has 0 heterocycles. The van der Waals surface area contributed by atoms with Crippen molar-refractivity contribution in [3.63, 3.8) is 0 Å². The van der Waals surface area contributed by atoms with Crippen molar-refractivity contribution < 1.29 is 22.9 Å². The molecule has 1 aromatic rings. The topological polar surface area (TPSA) is 91.7 Å². The third-order valence-electron chi connectivity index (χ3n) is 4.32. The minimum atomic E-state index is -4.53. The van der Waals surface area contributed by atoms with E-state index in [1.807, 2.05) is 0 Å². The van der Waals surface area contributed by atoms with Gasteiger partial charge in [-0.15, -0.1) is 0 Å². The van der Waals surface area contributed by atoms with E-state index in [2.05, 4.69) is 13.2 Å².